The molecule has 2 rings (SSSR count). The van der Waals surface area contributed by atoms with Crippen LogP contribution in [0.5, 0.6) is 0 Å². The number of nitrogens with zero attached hydrogens (tertiary/aromatic N) is 2. The molecule has 90 valence electrons. The lowest BCUT2D eigenvalue weighted by Crippen LogP contribution is -2.08. The second kappa shape index (κ2) is 4.97. The van der Waals surface area contributed by atoms with Crippen LogP contribution in [0, 0.1) is 5.82 Å². The second-order valence-corrected chi connectivity index (χ2v) is 3.88. The Morgan fingerprint density at radius 1 is 1.35 bits per heavy atom. The standard InChI is InChI=1S/C12H15FN4/c13-11-3-1-2-9(6-11)8-17-12(15)10(4-5-14)7-16-17/h1-3,6-7H,4-5,8,14-15H2. The van der Waals surface area contributed by atoms with Gasteiger partial charge in [0.25, 0.3) is 0 Å². The molecule has 4 N–H and O–H groups in total. The number of aromatic nitrogens is 2. The van der Waals surface area contributed by atoms with Crippen LogP contribution in [0.2, 0.25) is 0 Å². The maximum absolute atomic E-state index is 13.0. The van der Waals surface area contributed by atoms with Crippen molar-refractivity contribution in [1.82, 2.24) is 9.78 Å². The first-order valence-electron chi connectivity index (χ1n) is 5.45. The lowest BCUT2D eigenvalue weighted by molar-refractivity contribution is 0.620. The molecule has 0 spiro atoms. The number of hydrogen-bond acceptors (Lipinski definition) is 3. The molecule has 4 nitrogen and oxygen atoms in total. The zero-order valence-electron chi connectivity index (χ0n) is 9.44. The van der Waals surface area contributed by atoms with Gasteiger partial charge >= 0.3 is 0 Å². The molecular weight excluding hydrogens is 219 g/mol. The van der Waals surface area contributed by atoms with E-state index in [0.717, 1.165) is 11.1 Å². The normalized spacial score (nSPS) is 10.7. The highest BCUT2D eigenvalue weighted by Crippen LogP contribution is 2.14. The number of rotatable bonds is 4. The van der Waals surface area contributed by atoms with Crippen molar-refractivity contribution in [2.24, 2.45) is 5.73 Å². The van der Waals surface area contributed by atoms with Gasteiger partial charge in [-0.2, -0.15) is 5.10 Å². The molecule has 0 saturated heterocycles. The summed E-state index contributed by atoms with van der Waals surface area (Å²) in [7, 11) is 0. The van der Waals surface area contributed by atoms with Crippen molar-refractivity contribution >= 4 is 5.82 Å². The van der Waals surface area contributed by atoms with Gasteiger partial charge in [0, 0.05) is 5.56 Å². The summed E-state index contributed by atoms with van der Waals surface area (Å²) < 4.78 is 14.7. The predicted molar refractivity (Wildman–Crippen MR) is 64.9 cm³/mol. The molecule has 1 heterocycles. The van der Waals surface area contributed by atoms with Gasteiger partial charge in [0.15, 0.2) is 0 Å². The van der Waals surface area contributed by atoms with E-state index in [9.17, 15) is 4.39 Å². The Kier molecular flexibility index (Phi) is 3.39. The van der Waals surface area contributed by atoms with Gasteiger partial charge in [0.1, 0.15) is 11.6 Å². The quantitative estimate of drug-likeness (QED) is 0.833. The lowest BCUT2D eigenvalue weighted by atomic mass is 10.2. The zero-order valence-corrected chi connectivity index (χ0v) is 9.44. The average molecular weight is 234 g/mol. The lowest BCUT2D eigenvalue weighted by Gasteiger charge is -2.05. The smallest absolute Gasteiger partial charge is 0.125 e. The van der Waals surface area contributed by atoms with Crippen molar-refractivity contribution in [3.8, 4) is 0 Å². The van der Waals surface area contributed by atoms with Gasteiger partial charge in [0.05, 0.1) is 12.7 Å². The van der Waals surface area contributed by atoms with Crippen LogP contribution in [-0.4, -0.2) is 16.3 Å². The molecule has 1 aromatic carbocycles. The first-order valence-corrected chi connectivity index (χ1v) is 5.45. The van der Waals surface area contributed by atoms with Crippen molar-refractivity contribution in [1.29, 1.82) is 0 Å². The molecule has 0 bridgehead atoms. The summed E-state index contributed by atoms with van der Waals surface area (Å²) in [5.74, 6) is 0.343. The fourth-order valence-electron chi connectivity index (χ4n) is 1.72. The topological polar surface area (TPSA) is 69.9 Å². The molecule has 0 aliphatic rings. The minimum absolute atomic E-state index is 0.254. The second-order valence-electron chi connectivity index (χ2n) is 3.88. The Morgan fingerprint density at radius 3 is 2.88 bits per heavy atom. The monoisotopic (exact) mass is 234 g/mol. The van der Waals surface area contributed by atoms with Gasteiger partial charge in [-0.25, -0.2) is 9.07 Å². The summed E-state index contributed by atoms with van der Waals surface area (Å²) in [6.45, 7) is 1.00. The molecule has 0 amide bonds. The Hall–Kier alpha value is -1.88. The summed E-state index contributed by atoms with van der Waals surface area (Å²) in [6.07, 6.45) is 2.41. The van der Waals surface area contributed by atoms with E-state index in [4.69, 9.17) is 11.5 Å². The van der Waals surface area contributed by atoms with Crippen molar-refractivity contribution < 1.29 is 4.39 Å². The van der Waals surface area contributed by atoms with E-state index in [0.29, 0.717) is 25.3 Å². The van der Waals surface area contributed by atoms with E-state index >= 15 is 0 Å². The SMILES string of the molecule is NCCc1cnn(Cc2cccc(F)c2)c1N. The summed E-state index contributed by atoms with van der Waals surface area (Å²) in [4.78, 5) is 0. The molecule has 5 heteroatoms. The Bertz CT molecular complexity index is 507. The maximum Gasteiger partial charge on any atom is 0.125 e. The van der Waals surface area contributed by atoms with E-state index in [-0.39, 0.29) is 5.82 Å². The first-order chi connectivity index (χ1) is 8.20. The number of anilines is 1. The molecule has 0 aliphatic heterocycles. The first kappa shape index (κ1) is 11.6. The van der Waals surface area contributed by atoms with Crippen LogP contribution < -0.4 is 11.5 Å². The van der Waals surface area contributed by atoms with Gasteiger partial charge in [-0.1, -0.05) is 12.1 Å². The number of hydrogen-bond donors (Lipinski definition) is 2. The van der Waals surface area contributed by atoms with Gasteiger partial charge in [0.2, 0.25) is 0 Å². The summed E-state index contributed by atoms with van der Waals surface area (Å²) in [5.41, 5.74) is 13.2. The summed E-state index contributed by atoms with van der Waals surface area (Å²) in [6, 6.07) is 6.40. The minimum Gasteiger partial charge on any atom is -0.384 e. The molecular formula is C12H15FN4. The van der Waals surface area contributed by atoms with Crippen molar-refractivity contribution in [2.45, 2.75) is 13.0 Å². The third-order valence-corrected chi connectivity index (χ3v) is 2.60. The fraction of sp³-hybridized carbons (Fsp3) is 0.250. The van der Waals surface area contributed by atoms with E-state index in [1.54, 1.807) is 16.9 Å². The van der Waals surface area contributed by atoms with Crippen LogP contribution >= 0.6 is 0 Å². The van der Waals surface area contributed by atoms with E-state index in [2.05, 4.69) is 5.10 Å². The highest BCUT2D eigenvalue weighted by molar-refractivity contribution is 5.39. The van der Waals surface area contributed by atoms with Gasteiger partial charge < -0.3 is 11.5 Å². The van der Waals surface area contributed by atoms with Gasteiger partial charge in [-0.05, 0) is 30.7 Å². The highest BCUT2D eigenvalue weighted by Gasteiger charge is 2.07. The van der Waals surface area contributed by atoms with Crippen molar-refractivity contribution in [3.05, 3.63) is 47.4 Å². The molecule has 17 heavy (non-hydrogen) atoms. The van der Waals surface area contributed by atoms with E-state index in [1.807, 2.05) is 6.07 Å². The predicted octanol–water partition coefficient (Wildman–Crippen LogP) is 1.15. The maximum atomic E-state index is 13.0. The van der Waals surface area contributed by atoms with Gasteiger partial charge in [-0.3, -0.25) is 0 Å². The fourth-order valence-corrected chi connectivity index (χ4v) is 1.72. The molecule has 0 radical (unpaired) electrons. The largest absolute Gasteiger partial charge is 0.384 e. The Balaban J connectivity index is 2.19. The van der Waals surface area contributed by atoms with E-state index < -0.39 is 0 Å². The van der Waals surface area contributed by atoms with Crippen LogP contribution in [0.4, 0.5) is 10.2 Å². The molecule has 0 aliphatic carbocycles. The van der Waals surface area contributed by atoms with Crippen LogP contribution in [0.25, 0.3) is 0 Å². The average Bonchev–Trinajstić information content (AvgIpc) is 2.62. The molecule has 0 atom stereocenters. The number of halogens is 1. The van der Waals surface area contributed by atoms with Crippen LogP contribution in [-0.2, 0) is 13.0 Å². The number of nitrogen functional groups attached to an aromatic ring is 1. The summed E-state index contributed by atoms with van der Waals surface area (Å²) >= 11 is 0. The third-order valence-electron chi connectivity index (χ3n) is 2.60. The van der Waals surface area contributed by atoms with Crippen LogP contribution in [0.15, 0.2) is 30.5 Å². The Morgan fingerprint density at radius 2 is 2.18 bits per heavy atom. The van der Waals surface area contributed by atoms with E-state index in [1.165, 1.54) is 12.1 Å². The number of benzene rings is 1. The third kappa shape index (κ3) is 2.62. The van der Waals surface area contributed by atoms with Gasteiger partial charge in [-0.15, -0.1) is 0 Å². The van der Waals surface area contributed by atoms with Crippen molar-refractivity contribution in [2.75, 3.05) is 12.3 Å². The molecule has 1 aromatic heterocycles. The highest BCUT2D eigenvalue weighted by atomic mass is 19.1. The molecule has 0 unspecified atom stereocenters. The van der Waals surface area contributed by atoms with Crippen molar-refractivity contribution in [3.63, 3.8) is 0 Å². The Labute approximate surface area is 99.0 Å². The van der Waals surface area contributed by atoms with Crippen LogP contribution in [0.1, 0.15) is 11.1 Å². The molecule has 0 saturated carbocycles. The van der Waals surface area contributed by atoms with Crippen LogP contribution in [0.3, 0.4) is 0 Å². The minimum atomic E-state index is -0.254. The zero-order chi connectivity index (χ0) is 12.3. The molecule has 0 fully saturated rings. The molecule has 2 aromatic rings. The summed E-state index contributed by atoms with van der Waals surface area (Å²) in [5, 5.41) is 4.17. The number of nitrogens with two attached hydrogens (primary N) is 2.